The molecule has 1 aliphatic heterocycles. The van der Waals surface area contributed by atoms with Gasteiger partial charge in [0, 0.05) is 19.2 Å². The van der Waals surface area contributed by atoms with Gasteiger partial charge in [-0.15, -0.1) is 10.2 Å². The Hall–Kier alpha value is -1.65. The summed E-state index contributed by atoms with van der Waals surface area (Å²) >= 11 is 0. The van der Waals surface area contributed by atoms with Crippen molar-refractivity contribution in [3.63, 3.8) is 0 Å². The first-order chi connectivity index (χ1) is 9.28. The number of fused-ring (bicyclic) bond motifs is 1. The molecular formula is C14H19N3O2. The Kier molecular flexibility index (Phi) is 3.36. The van der Waals surface area contributed by atoms with E-state index in [1.807, 2.05) is 4.90 Å². The predicted molar refractivity (Wildman–Crippen MR) is 69.9 cm³/mol. The Morgan fingerprint density at radius 3 is 2.42 bits per heavy atom. The maximum absolute atomic E-state index is 12.4. The molecule has 2 fully saturated rings. The maximum Gasteiger partial charge on any atom is 0.274 e. The summed E-state index contributed by atoms with van der Waals surface area (Å²) in [6.07, 6.45) is 5.16. The van der Waals surface area contributed by atoms with Crippen LogP contribution in [0.4, 0.5) is 0 Å². The molecule has 1 saturated carbocycles. The second-order valence-corrected chi connectivity index (χ2v) is 5.48. The number of methoxy groups -OCH3 is 1. The predicted octanol–water partition coefficient (Wildman–Crippen LogP) is 1.75. The smallest absolute Gasteiger partial charge is 0.274 e. The van der Waals surface area contributed by atoms with Crippen LogP contribution in [0.1, 0.15) is 36.2 Å². The van der Waals surface area contributed by atoms with Gasteiger partial charge in [0.1, 0.15) is 0 Å². The molecule has 0 spiro atoms. The zero-order valence-corrected chi connectivity index (χ0v) is 11.2. The van der Waals surface area contributed by atoms with Gasteiger partial charge in [0.15, 0.2) is 5.69 Å². The monoisotopic (exact) mass is 261 g/mol. The van der Waals surface area contributed by atoms with E-state index in [4.69, 9.17) is 4.74 Å². The number of likely N-dealkylation sites (tertiary alicyclic amines) is 1. The fourth-order valence-electron chi connectivity index (χ4n) is 3.28. The van der Waals surface area contributed by atoms with Gasteiger partial charge in [-0.05, 0) is 30.7 Å². The summed E-state index contributed by atoms with van der Waals surface area (Å²) in [5.74, 6) is 1.84. The summed E-state index contributed by atoms with van der Waals surface area (Å²) in [5.41, 5.74) is 0.416. The summed E-state index contributed by atoms with van der Waals surface area (Å²) in [4.78, 5) is 14.3. The third-order valence-electron chi connectivity index (χ3n) is 4.33. The molecule has 2 heterocycles. The van der Waals surface area contributed by atoms with Crippen LogP contribution in [0.2, 0.25) is 0 Å². The molecule has 0 N–H and O–H groups in total. The number of hydrogen-bond donors (Lipinski definition) is 0. The Bertz CT molecular complexity index is 446. The van der Waals surface area contributed by atoms with Crippen LogP contribution in [0.5, 0.6) is 5.88 Å². The third kappa shape index (κ3) is 2.41. The Balaban J connectivity index is 1.70. The summed E-state index contributed by atoms with van der Waals surface area (Å²) in [5, 5.41) is 7.81. The molecule has 102 valence electrons. The van der Waals surface area contributed by atoms with Crippen molar-refractivity contribution in [2.75, 3.05) is 20.2 Å². The first kappa shape index (κ1) is 12.4. The lowest BCUT2D eigenvalue weighted by Gasteiger charge is -2.22. The number of ether oxygens (including phenoxy) is 1. The van der Waals surface area contributed by atoms with Crippen LogP contribution in [0.3, 0.4) is 0 Å². The second kappa shape index (κ2) is 5.15. The van der Waals surface area contributed by atoms with Gasteiger partial charge in [-0.3, -0.25) is 4.79 Å². The van der Waals surface area contributed by atoms with E-state index in [1.54, 1.807) is 12.1 Å². The number of carbonyl (C=O) groups is 1. The molecule has 1 saturated heterocycles. The van der Waals surface area contributed by atoms with Crippen LogP contribution < -0.4 is 4.74 Å². The zero-order chi connectivity index (χ0) is 13.2. The largest absolute Gasteiger partial charge is 0.480 e. The standard InChI is InChI=1S/C14H19N3O2/c1-19-13-7-6-12(15-16-13)14(18)17-8-10-4-2-3-5-11(10)9-17/h6-7,10-11H,2-5,8-9H2,1H3/t10-,11-/m0/s1. The minimum Gasteiger partial charge on any atom is -0.480 e. The molecule has 0 bridgehead atoms. The lowest BCUT2D eigenvalue weighted by molar-refractivity contribution is 0.0776. The van der Waals surface area contributed by atoms with Gasteiger partial charge in [-0.25, -0.2) is 0 Å². The number of amides is 1. The van der Waals surface area contributed by atoms with Gasteiger partial charge in [0.25, 0.3) is 5.91 Å². The lowest BCUT2D eigenvalue weighted by Crippen LogP contribution is -2.29. The SMILES string of the molecule is COc1ccc(C(=O)N2C[C@@H]3CCCC[C@H]3C2)nn1. The van der Waals surface area contributed by atoms with Crippen LogP contribution in [-0.4, -0.2) is 41.2 Å². The highest BCUT2D eigenvalue weighted by Crippen LogP contribution is 2.36. The van der Waals surface area contributed by atoms with Gasteiger partial charge in [0.2, 0.25) is 5.88 Å². The highest BCUT2D eigenvalue weighted by molar-refractivity contribution is 5.92. The van der Waals surface area contributed by atoms with Crippen molar-refractivity contribution in [3.8, 4) is 5.88 Å². The van der Waals surface area contributed by atoms with Crippen molar-refractivity contribution in [1.82, 2.24) is 15.1 Å². The van der Waals surface area contributed by atoms with Crippen molar-refractivity contribution < 1.29 is 9.53 Å². The Morgan fingerprint density at radius 2 is 1.89 bits per heavy atom. The molecule has 1 aromatic rings. The van der Waals surface area contributed by atoms with Crippen molar-refractivity contribution in [2.45, 2.75) is 25.7 Å². The Labute approximate surface area is 113 Å². The molecule has 2 atom stereocenters. The van der Waals surface area contributed by atoms with Crippen LogP contribution in [0.15, 0.2) is 12.1 Å². The van der Waals surface area contributed by atoms with Crippen LogP contribution in [-0.2, 0) is 0 Å². The number of aromatic nitrogens is 2. The van der Waals surface area contributed by atoms with Gasteiger partial charge < -0.3 is 9.64 Å². The number of nitrogens with zero attached hydrogens (tertiary/aromatic N) is 3. The lowest BCUT2D eigenvalue weighted by atomic mass is 9.82. The van der Waals surface area contributed by atoms with Crippen LogP contribution >= 0.6 is 0 Å². The number of carbonyl (C=O) groups excluding carboxylic acids is 1. The molecule has 1 aromatic heterocycles. The molecule has 5 heteroatoms. The summed E-state index contributed by atoms with van der Waals surface area (Å²) in [6.45, 7) is 1.77. The van der Waals surface area contributed by atoms with Gasteiger partial charge in [0.05, 0.1) is 7.11 Å². The third-order valence-corrected chi connectivity index (χ3v) is 4.33. The molecule has 3 rings (SSSR count). The molecule has 1 aliphatic carbocycles. The van der Waals surface area contributed by atoms with E-state index in [9.17, 15) is 4.79 Å². The highest BCUT2D eigenvalue weighted by Gasteiger charge is 2.36. The highest BCUT2D eigenvalue weighted by atomic mass is 16.5. The molecule has 5 nitrogen and oxygen atoms in total. The van der Waals surface area contributed by atoms with Crippen LogP contribution in [0.25, 0.3) is 0 Å². The van der Waals surface area contributed by atoms with Gasteiger partial charge in [-0.2, -0.15) is 0 Å². The molecule has 1 amide bonds. The van der Waals surface area contributed by atoms with Gasteiger partial charge in [-0.1, -0.05) is 12.8 Å². The first-order valence-corrected chi connectivity index (χ1v) is 6.95. The average molecular weight is 261 g/mol. The number of hydrogen-bond acceptors (Lipinski definition) is 4. The molecular weight excluding hydrogens is 242 g/mol. The van der Waals surface area contributed by atoms with Crippen LogP contribution in [0, 0.1) is 11.8 Å². The summed E-state index contributed by atoms with van der Waals surface area (Å²) in [6, 6.07) is 3.37. The van der Waals surface area contributed by atoms with Crippen molar-refractivity contribution in [2.24, 2.45) is 11.8 Å². The number of rotatable bonds is 2. The quantitative estimate of drug-likeness (QED) is 0.814. The second-order valence-electron chi connectivity index (χ2n) is 5.48. The zero-order valence-electron chi connectivity index (χ0n) is 11.2. The van der Waals surface area contributed by atoms with E-state index in [0.29, 0.717) is 23.4 Å². The fraction of sp³-hybridized carbons (Fsp3) is 0.643. The molecule has 0 aromatic carbocycles. The van der Waals surface area contributed by atoms with E-state index in [0.717, 1.165) is 13.1 Å². The van der Waals surface area contributed by atoms with Crippen molar-refractivity contribution in [1.29, 1.82) is 0 Å². The Morgan fingerprint density at radius 1 is 1.21 bits per heavy atom. The summed E-state index contributed by atoms with van der Waals surface area (Å²) < 4.78 is 4.95. The normalized spacial score (nSPS) is 26.1. The van der Waals surface area contributed by atoms with E-state index in [1.165, 1.54) is 32.8 Å². The summed E-state index contributed by atoms with van der Waals surface area (Å²) in [7, 11) is 1.54. The molecule has 0 unspecified atom stereocenters. The van der Waals surface area contributed by atoms with Gasteiger partial charge >= 0.3 is 0 Å². The van der Waals surface area contributed by atoms with Crippen molar-refractivity contribution in [3.05, 3.63) is 17.8 Å². The van der Waals surface area contributed by atoms with E-state index in [-0.39, 0.29) is 5.91 Å². The van der Waals surface area contributed by atoms with E-state index >= 15 is 0 Å². The van der Waals surface area contributed by atoms with E-state index < -0.39 is 0 Å². The maximum atomic E-state index is 12.4. The molecule has 0 radical (unpaired) electrons. The van der Waals surface area contributed by atoms with E-state index in [2.05, 4.69) is 10.2 Å². The average Bonchev–Trinajstić information content (AvgIpc) is 2.90. The minimum atomic E-state index is 0.00422. The first-order valence-electron chi connectivity index (χ1n) is 6.95. The topological polar surface area (TPSA) is 55.3 Å². The molecule has 2 aliphatic rings. The fourth-order valence-corrected chi connectivity index (χ4v) is 3.28. The molecule has 19 heavy (non-hydrogen) atoms. The van der Waals surface area contributed by atoms with Crippen molar-refractivity contribution >= 4 is 5.91 Å². The minimum absolute atomic E-state index is 0.00422.